The van der Waals surface area contributed by atoms with Gasteiger partial charge < -0.3 is 19.5 Å². The Bertz CT molecular complexity index is 620. The van der Waals surface area contributed by atoms with Crippen LogP contribution >= 0.6 is 11.3 Å². The summed E-state index contributed by atoms with van der Waals surface area (Å²) < 4.78 is 5.42. The Labute approximate surface area is 154 Å². The van der Waals surface area contributed by atoms with Gasteiger partial charge in [0.15, 0.2) is 0 Å². The fraction of sp³-hybridized carbons (Fsp3) is 0.526. The third-order valence-electron chi connectivity index (χ3n) is 4.18. The average Bonchev–Trinajstić information content (AvgIpc) is 3.26. The van der Waals surface area contributed by atoms with Gasteiger partial charge in [-0.1, -0.05) is 13.8 Å². The molecule has 2 aromatic heterocycles. The Morgan fingerprint density at radius 3 is 2.60 bits per heavy atom. The van der Waals surface area contributed by atoms with Crippen molar-refractivity contribution in [2.45, 2.75) is 40.3 Å². The van der Waals surface area contributed by atoms with E-state index < -0.39 is 0 Å². The summed E-state index contributed by atoms with van der Waals surface area (Å²) in [6.07, 6.45) is 2.60. The molecule has 1 N–H and O–H groups in total. The highest BCUT2D eigenvalue weighted by Gasteiger charge is 2.16. The molecule has 6 heteroatoms. The minimum Gasteiger partial charge on any atom is -0.467 e. The predicted molar refractivity (Wildman–Crippen MR) is 103 cm³/mol. The van der Waals surface area contributed by atoms with Crippen LogP contribution in [0.15, 0.2) is 34.9 Å². The highest BCUT2D eigenvalue weighted by Crippen LogP contribution is 2.18. The van der Waals surface area contributed by atoms with E-state index in [1.807, 2.05) is 17.0 Å². The Hall–Kier alpha value is -1.79. The summed E-state index contributed by atoms with van der Waals surface area (Å²) >= 11 is 1.73. The molecule has 0 aliphatic heterocycles. The Kier molecular flexibility index (Phi) is 8.01. The fourth-order valence-electron chi connectivity index (χ4n) is 2.70. The van der Waals surface area contributed by atoms with Crippen molar-refractivity contribution in [1.82, 2.24) is 15.1 Å². The lowest BCUT2D eigenvalue weighted by Gasteiger charge is -2.22. The van der Waals surface area contributed by atoms with E-state index in [1.165, 1.54) is 9.75 Å². The maximum Gasteiger partial charge on any atom is 0.318 e. The molecule has 0 fully saturated rings. The van der Waals surface area contributed by atoms with Crippen molar-refractivity contribution in [3.05, 3.63) is 46.0 Å². The van der Waals surface area contributed by atoms with E-state index in [0.717, 1.165) is 31.8 Å². The molecule has 0 aliphatic rings. The maximum absolute atomic E-state index is 12.6. The van der Waals surface area contributed by atoms with Crippen LogP contribution in [-0.2, 0) is 13.1 Å². The molecule has 0 saturated carbocycles. The number of urea groups is 1. The number of carbonyl (C=O) groups excluding carboxylic acids is 1. The first-order chi connectivity index (χ1) is 12.1. The summed E-state index contributed by atoms with van der Waals surface area (Å²) in [5.41, 5.74) is 0. The SMILES string of the molecule is CCN(CC)CCCNC(=O)N(Cc1ccco1)Cc1ccc(C)s1. The zero-order valence-electron chi connectivity index (χ0n) is 15.5. The van der Waals surface area contributed by atoms with Gasteiger partial charge in [-0.05, 0) is 57.2 Å². The van der Waals surface area contributed by atoms with E-state index in [2.05, 4.69) is 43.1 Å². The number of furan rings is 1. The number of carbonyl (C=O) groups is 1. The van der Waals surface area contributed by atoms with Gasteiger partial charge in [0.25, 0.3) is 0 Å². The molecule has 0 unspecified atom stereocenters. The second kappa shape index (κ2) is 10.3. The lowest BCUT2D eigenvalue weighted by atomic mass is 10.3. The topological polar surface area (TPSA) is 48.7 Å². The molecule has 0 atom stereocenters. The van der Waals surface area contributed by atoms with Crippen LogP contribution in [0.4, 0.5) is 4.79 Å². The number of hydrogen-bond acceptors (Lipinski definition) is 4. The fourth-order valence-corrected chi connectivity index (χ4v) is 3.60. The van der Waals surface area contributed by atoms with Crippen LogP contribution in [0.3, 0.4) is 0 Å². The monoisotopic (exact) mass is 363 g/mol. The third-order valence-corrected chi connectivity index (χ3v) is 5.16. The van der Waals surface area contributed by atoms with Crippen LogP contribution in [0.5, 0.6) is 0 Å². The van der Waals surface area contributed by atoms with Crippen molar-refractivity contribution < 1.29 is 9.21 Å². The standard InChI is InChI=1S/C19H29N3O2S/c1-4-21(5-2)12-7-11-20-19(23)22(14-17-8-6-13-24-17)15-18-10-9-16(3)25-18/h6,8-10,13H,4-5,7,11-12,14-15H2,1-3H3,(H,20,23). The van der Waals surface area contributed by atoms with Gasteiger partial charge in [0.1, 0.15) is 5.76 Å². The van der Waals surface area contributed by atoms with Crippen LogP contribution in [0, 0.1) is 6.92 Å². The summed E-state index contributed by atoms with van der Waals surface area (Å²) in [7, 11) is 0. The Balaban J connectivity index is 1.88. The molecule has 2 aromatic rings. The van der Waals surface area contributed by atoms with Gasteiger partial charge in [-0.15, -0.1) is 11.3 Å². The van der Waals surface area contributed by atoms with Crippen LogP contribution < -0.4 is 5.32 Å². The molecule has 0 radical (unpaired) electrons. The van der Waals surface area contributed by atoms with E-state index in [-0.39, 0.29) is 6.03 Å². The van der Waals surface area contributed by atoms with E-state index in [9.17, 15) is 4.79 Å². The quantitative estimate of drug-likeness (QED) is 0.647. The Morgan fingerprint density at radius 2 is 2.00 bits per heavy atom. The first-order valence-corrected chi connectivity index (χ1v) is 9.76. The van der Waals surface area contributed by atoms with Gasteiger partial charge in [-0.3, -0.25) is 0 Å². The maximum atomic E-state index is 12.6. The van der Waals surface area contributed by atoms with Gasteiger partial charge in [-0.2, -0.15) is 0 Å². The largest absolute Gasteiger partial charge is 0.467 e. The van der Waals surface area contributed by atoms with Crippen LogP contribution in [0.1, 0.15) is 35.8 Å². The minimum absolute atomic E-state index is 0.0398. The molecule has 0 bridgehead atoms. The zero-order chi connectivity index (χ0) is 18.1. The molecular formula is C19H29N3O2S. The van der Waals surface area contributed by atoms with Gasteiger partial charge in [0, 0.05) is 16.3 Å². The average molecular weight is 364 g/mol. The number of thiophene rings is 1. The molecule has 2 amide bonds. The number of nitrogens with one attached hydrogen (secondary N) is 1. The minimum atomic E-state index is -0.0398. The van der Waals surface area contributed by atoms with Crippen molar-refractivity contribution in [1.29, 1.82) is 0 Å². The van der Waals surface area contributed by atoms with Gasteiger partial charge in [0.2, 0.25) is 0 Å². The molecular weight excluding hydrogens is 334 g/mol. The van der Waals surface area contributed by atoms with Crippen molar-refractivity contribution in [2.24, 2.45) is 0 Å². The van der Waals surface area contributed by atoms with Crippen LogP contribution in [0.25, 0.3) is 0 Å². The molecule has 0 aromatic carbocycles. The van der Waals surface area contributed by atoms with Crippen molar-refractivity contribution >= 4 is 17.4 Å². The Morgan fingerprint density at radius 1 is 1.20 bits per heavy atom. The summed E-state index contributed by atoms with van der Waals surface area (Å²) in [5, 5.41) is 3.05. The van der Waals surface area contributed by atoms with E-state index in [0.29, 0.717) is 19.6 Å². The van der Waals surface area contributed by atoms with Gasteiger partial charge >= 0.3 is 6.03 Å². The lowest BCUT2D eigenvalue weighted by Crippen LogP contribution is -2.40. The summed E-state index contributed by atoms with van der Waals surface area (Å²) in [4.78, 5) is 19.2. The number of aryl methyl sites for hydroxylation is 1. The zero-order valence-corrected chi connectivity index (χ0v) is 16.3. The number of hydrogen-bond donors (Lipinski definition) is 1. The summed E-state index contributed by atoms with van der Waals surface area (Å²) in [5.74, 6) is 0.798. The van der Waals surface area contributed by atoms with Gasteiger partial charge in [-0.25, -0.2) is 4.79 Å². The molecule has 2 rings (SSSR count). The number of rotatable bonds is 10. The highest BCUT2D eigenvalue weighted by atomic mass is 32.1. The molecule has 5 nitrogen and oxygen atoms in total. The number of nitrogens with zero attached hydrogens (tertiary/aromatic N) is 2. The van der Waals surface area contributed by atoms with Crippen LogP contribution in [0.2, 0.25) is 0 Å². The van der Waals surface area contributed by atoms with Crippen molar-refractivity contribution in [2.75, 3.05) is 26.2 Å². The highest BCUT2D eigenvalue weighted by molar-refractivity contribution is 7.11. The molecule has 2 heterocycles. The number of amides is 2. The molecule has 0 spiro atoms. The van der Waals surface area contributed by atoms with Crippen molar-refractivity contribution in [3.8, 4) is 0 Å². The van der Waals surface area contributed by atoms with E-state index >= 15 is 0 Å². The normalized spacial score (nSPS) is 11.0. The smallest absolute Gasteiger partial charge is 0.318 e. The van der Waals surface area contributed by atoms with E-state index in [4.69, 9.17) is 4.42 Å². The molecule has 25 heavy (non-hydrogen) atoms. The van der Waals surface area contributed by atoms with Crippen molar-refractivity contribution in [3.63, 3.8) is 0 Å². The predicted octanol–water partition coefficient (Wildman–Crippen LogP) is 4.09. The molecule has 138 valence electrons. The summed E-state index contributed by atoms with van der Waals surface area (Å²) in [6.45, 7) is 11.3. The van der Waals surface area contributed by atoms with E-state index in [1.54, 1.807) is 17.6 Å². The van der Waals surface area contributed by atoms with Crippen LogP contribution in [-0.4, -0.2) is 42.0 Å². The summed E-state index contributed by atoms with van der Waals surface area (Å²) in [6, 6.07) is 7.89. The lowest BCUT2D eigenvalue weighted by molar-refractivity contribution is 0.187. The first kappa shape index (κ1) is 19.5. The molecule has 0 saturated heterocycles. The second-order valence-electron chi connectivity index (χ2n) is 6.06. The molecule has 0 aliphatic carbocycles. The second-order valence-corrected chi connectivity index (χ2v) is 7.43. The first-order valence-electron chi connectivity index (χ1n) is 8.95. The van der Waals surface area contributed by atoms with Gasteiger partial charge in [0.05, 0.1) is 19.4 Å². The third kappa shape index (κ3) is 6.55.